The fourth-order valence-corrected chi connectivity index (χ4v) is 1.94. The Bertz CT molecular complexity index is 156. The molecule has 70 valence electrons. The quantitative estimate of drug-likeness (QED) is 0.642. The molecule has 0 aliphatic heterocycles. The van der Waals surface area contributed by atoms with Crippen LogP contribution in [-0.4, -0.2) is 11.2 Å². The smallest absolute Gasteiger partial charge is 0.0568 e. The summed E-state index contributed by atoms with van der Waals surface area (Å²) < 4.78 is 0. The number of hydrogen-bond donors (Lipinski definition) is 1. The van der Waals surface area contributed by atoms with Gasteiger partial charge in [-0.2, -0.15) is 0 Å². The number of allylic oxidation sites excluding steroid dienone is 2. The van der Waals surface area contributed by atoms with E-state index in [9.17, 15) is 5.11 Å². The Hall–Kier alpha value is -0.300. The zero-order valence-electron chi connectivity index (χ0n) is 8.21. The summed E-state index contributed by atoms with van der Waals surface area (Å²) in [5.41, 5.74) is 1.39. The third-order valence-corrected chi connectivity index (χ3v) is 2.71. The maximum atomic E-state index is 9.53. The van der Waals surface area contributed by atoms with Crippen LogP contribution in [-0.2, 0) is 0 Å². The van der Waals surface area contributed by atoms with E-state index in [1.165, 1.54) is 24.8 Å². The van der Waals surface area contributed by atoms with Gasteiger partial charge in [0.25, 0.3) is 0 Å². The van der Waals surface area contributed by atoms with Crippen LogP contribution < -0.4 is 0 Å². The topological polar surface area (TPSA) is 20.2 Å². The van der Waals surface area contributed by atoms with E-state index in [2.05, 4.69) is 19.9 Å². The molecule has 1 fully saturated rings. The van der Waals surface area contributed by atoms with E-state index in [0.29, 0.717) is 5.92 Å². The highest BCUT2D eigenvalue weighted by molar-refractivity contribution is 4.93. The lowest BCUT2D eigenvalue weighted by molar-refractivity contribution is 0.128. The molecule has 0 aromatic heterocycles. The fraction of sp³-hybridized carbons (Fsp3) is 0.818. The highest BCUT2D eigenvalue weighted by Crippen LogP contribution is 2.29. The third-order valence-electron chi connectivity index (χ3n) is 2.71. The molecule has 0 amide bonds. The zero-order valence-corrected chi connectivity index (χ0v) is 8.21. The van der Waals surface area contributed by atoms with Gasteiger partial charge in [0.15, 0.2) is 0 Å². The molecular weight excluding hydrogens is 148 g/mol. The molecule has 0 spiro atoms. The zero-order chi connectivity index (χ0) is 8.97. The SMILES string of the molecule is CC(C)=CCCC1CCCC1O. The first kappa shape index (κ1) is 9.79. The first-order chi connectivity index (χ1) is 5.70. The largest absolute Gasteiger partial charge is 0.393 e. The van der Waals surface area contributed by atoms with Gasteiger partial charge in [-0.25, -0.2) is 0 Å². The molecule has 1 rings (SSSR count). The third kappa shape index (κ3) is 2.98. The number of hydrogen-bond acceptors (Lipinski definition) is 1. The molecule has 1 heteroatoms. The Balaban J connectivity index is 2.18. The van der Waals surface area contributed by atoms with Crippen LogP contribution in [0.15, 0.2) is 11.6 Å². The summed E-state index contributed by atoms with van der Waals surface area (Å²) in [6.45, 7) is 4.26. The van der Waals surface area contributed by atoms with Gasteiger partial charge in [-0.3, -0.25) is 0 Å². The van der Waals surface area contributed by atoms with Crippen molar-refractivity contribution in [2.75, 3.05) is 0 Å². The van der Waals surface area contributed by atoms with Gasteiger partial charge in [-0.15, -0.1) is 0 Å². The predicted octanol–water partition coefficient (Wildman–Crippen LogP) is 2.89. The van der Waals surface area contributed by atoms with Crippen LogP contribution in [0.2, 0.25) is 0 Å². The molecule has 12 heavy (non-hydrogen) atoms. The summed E-state index contributed by atoms with van der Waals surface area (Å²) in [6, 6.07) is 0. The van der Waals surface area contributed by atoms with E-state index in [4.69, 9.17) is 0 Å². The second kappa shape index (κ2) is 4.66. The average Bonchev–Trinajstić information content (AvgIpc) is 2.36. The molecule has 1 nitrogen and oxygen atoms in total. The highest BCUT2D eigenvalue weighted by Gasteiger charge is 2.23. The second-order valence-corrected chi connectivity index (χ2v) is 4.12. The van der Waals surface area contributed by atoms with E-state index >= 15 is 0 Å². The van der Waals surface area contributed by atoms with E-state index in [1.807, 2.05) is 0 Å². The van der Waals surface area contributed by atoms with Crippen molar-refractivity contribution in [3.63, 3.8) is 0 Å². The Morgan fingerprint density at radius 3 is 2.67 bits per heavy atom. The summed E-state index contributed by atoms with van der Waals surface area (Å²) in [7, 11) is 0. The number of aliphatic hydroxyl groups excluding tert-OH is 1. The number of aliphatic hydroxyl groups is 1. The Morgan fingerprint density at radius 2 is 2.17 bits per heavy atom. The van der Waals surface area contributed by atoms with Crippen LogP contribution in [0.5, 0.6) is 0 Å². The van der Waals surface area contributed by atoms with Crippen molar-refractivity contribution < 1.29 is 5.11 Å². The maximum Gasteiger partial charge on any atom is 0.0568 e. The van der Waals surface area contributed by atoms with Gasteiger partial charge in [0.1, 0.15) is 0 Å². The van der Waals surface area contributed by atoms with Crippen LogP contribution in [0.25, 0.3) is 0 Å². The molecule has 0 heterocycles. The molecule has 1 aliphatic rings. The molecule has 0 bridgehead atoms. The predicted molar refractivity (Wildman–Crippen MR) is 52.0 cm³/mol. The van der Waals surface area contributed by atoms with Crippen LogP contribution in [0, 0.1) is 5.92 Å². The summed E-state index contributed by atoms with van der Waals surface area (Å²) in [6.07, 6.45) is 8.06. The van der Waals surface area contributed by atoms with Gasteiger partial charge in [0, 0.05) is 0 Å². The molecule has 1 aliphatic carbocycles. The van der Waals surface area contributed by atoms with Gasteiger partial charge >= 0.3 is 0 Å². The van der Waals surface area contributed by atoms with Crippen LogP contribution >= 0.6 is 0 Å². The summed E-state index contributed by atoms with van der Waals surface area (Å²) in [4.78, 5) is 0. The van der Waals surface area contributed by atoms with Gasteiger partial charge in [0.05, 0.1) is 6.10 Å². The van der Waals surface area contributed by atoms with Crippen LogP contribution in [0.4, 0.5) is 0 Å². The lowest BCUT2D eigenvalue weighted by Crippen LogP contribution is -2.12. The fourth-order valence-electron chi connectivity index (χ4n) is 1.94. The van der Waals surface area contributed by atoms with Crippen LogP contribution in [0.3, 0.4) is 0 Å². The van der Waals surface area contributed by atoms with E-state index in [1.54, 1.807) is 0 Å². The van der Waals surface area contributed by atoms with Crippen molar-refractivity contribution in [2.24, 2.45) is 5.92 Å². The average molecular weight is 168 g/mol. The Kier molecular flexibility index (Phi) is 3.80. The molecule has 0 radical (unpaired) electrons. The van der Waals surface area contributed by atoms with Crippen molar-refractivity contribution in [1.82, 2.24) is 0 Å². The molecule has 0 saturated heterocycles. The van der Waals surface area contributed by atoms with E-state index < -0.39 is 0 Å². The van der Waals surface area contributed by atoms with E-state index in [0.717, 1.165) is 12.8 Å². The highest BCUT2D eigenvalue weighted by atomic mass is 16.3. The van der Waals surface area contributed by atoms with Crippen LogP contribution in [0.1, 0.15) is 46.0 Å². The molecule has 0 aromatic rings. The van der Waals surface area contributed by atoms with Crippen molar-refractivity contribution >= 4 is 0 Å². The maximum absolute atomic E-state index is 9.53. The molecule has 2 unspecified atom stereocenters. The van der Waals surface area contributed by atoms with E-state index in [-0.39, 0.29) is 6.10 Å². The Labute approximate surface area is 75.5 Å². The van der Waals surface area contributed by atoms with Crippen molar-refractivity contribution in [3.8, 4) is 0 Å². The summed E-state index contributed by atoms with van der Waals surface area (Å²) in [5.74, 6) is 0.584. The molecule has 0 aromatic carbocycles. The van der Waals surface area contributed by atoms with Crippen molar-refractivity contribution in [3.05, 3.63) is 11.6 Å². The lowest BCUT2D eigenvalue weighted by Gasteiger charge is -2.12. The van der Waals surface area contributed by atoms with Gasteiger partial charge in [-0.1, -0.05) is 18.1 Å². The normalized spacial score (nSPS) is 28.9. The van der Waals surface area contributed by atoms with Gasteiger partial charge in [0.2, 0.25) is 0 Å². The van der Waals surface area contributed by atoms with Gasteiger partial charge in [-0.05, 0) is 45.4 Å². The molecule has 1 saturated carbocycles. The first-order valence-electron chi connectivity index (χ1n) is 5.01. The lowest BCUT2D eigenvalue weighted by atomic mass is 9.99. The number of rotatable bonds is 3. The second-order valence-electron chi connectivity index (χ2n) is 4.12. The molecular formula is C11H20O. The minimum atomic E-state index is -0.00411. The summed E-state index contributed by atoms with van der Waals surface area (Å²) in [5, 5.41) is 9.53. The monoisotopic (exact) mass is 168 g/mol. The minimum Gasteiger partial charge on any atom is -0.393 e. The first-order valence-corrected chi connectivity index (χ1v) is 5.01. The van der Waals surface area contributed by atoms with Crippen molar-refractivity contribution in [2.45, 2.75) is 52.1 Å². The minimum absolute atomic E-state index is 0.00411. The van der Waals surface area contributed by atoms with Gasteiger partial charge < -0.3 is 5.11 Å². The Morgan fingerprint density at radius 1 is 1.42 bits per heavy atom. The molecule has 1 N–H and O–H groups in total. The standard InChI is InChI=1S/C11H20O/c1-9(2)5-3-6-10-7-4-8-11(10)12/h5,10-12H,3-4,6-8H2,1-2H3. The van der Waals surface area contributed by atoms with Crippen molar-refractivity contribution in [1.29, 1.82) is 0 Å². The molecule has 2 atom stereocenters. The summed E-state index contributed by atoms with van der Waals surface area (Å²) >= 11 is 0.